The Hall–Kier alpha value is -0.610. The maximum atomic E-state index is 6.03. The standard InChI is InChI=1S/C10H14ClN3O/c11-10-13-12-9(7-3-4-7)14(10)6-8-2-1-5-15-8/h7-8H,1-6H2. The highest BCUT2D eigenvalue weighted by Gasteiger charge is 2.31. The van der Waals surface area contributed by atoms with Crippen molar-refractivity contribution in [2.75, 3.05) is 6.61 Å². The Morgan fingerprint density at radius 2 is 2.20 bits per heavy atom. The van der Waals surface area contributed by atoms with Crippen molar-refractivity contribution in [2.24, 2.45) is 0 Å². The molecule has 0 radical (unpaired) electrons. The van der Waals surface area contributed by atoms with Gasteiger partial charge in [-0.3, -0.25) is 4.57 Å². The van der Waals surface area contributed by atoms with E-state index in [1.807, 2.05) is 4.57 Å². The van der Waals surface area contributed by atoms with E-state index in [9.17, 15) is 0 Å². The van der Waals surface area contributed by atoms with Crippen molar-refractivity contribution in [3.63, 3.8) is 0 Å². The molecule has 1 saturated carbocycles. The third-order valence-electron chi connectivity index (χ3n) is 3.09. The Morgan fingerprint density at radius 1 is 1.33 bits per heavy atom. The van der Waals surface area contributed by atoms with Gasteiger partial charge in [-0.25, -0.2) is 0 Å². The predicted molar refractivity (Wildman–Crippen MR) is 56.0 cm³/mol. The lowest BCUT2D eigenvalue weighted by Gasteiger charge is -2.12. The van der Waals surface area contributed by atoms with E-state index in [0.717, 1.165) is 31.8 Å². The van der Waals surface area contributed by atoms with E-state index in [4.69, 9.17) is 16.3 Å². The summed E-state index contributed by atoms with van der Waals surface area (Å²) in [4.78, 5) is 0. The summed E-state index contributed by atoms with van der Waals surface area (Å²) >= 11 is 6.03. The number of aromatic nitrogens is 3. The third kappa shape index (κ3) is 1.88. The molecule has 1 atom stereocenters. The highest BCUT2D eigenvalue weighted by molar-refractivity contribution is 6.28. The van der Waals surface area contributed by atoms with Crippen LogP contribution in [0, 0.1) is 0 Å². The van der Waals surface area contributed by atoms with Gasteiger partial charge in [0.05, 0.1) is 12.6 Å². The molecular weight excluding hydrogens is 214 g/mol. The van der Waals surface area contributed by atoms with Crippen molar-refractivity contribution in [3.8, 4) is 0 Å². The number of ether oxygens (including phenoxy) is 1. The quantitative estimate of drug-likeness (QED) is 0.793. The third-order valence-corrected chi connectivity index (χ3v) is 3.37. The van der Waals surface area contributed by atoms with Crippen molar-refractivity contribution >= 4 is 11.6 Å². The monoisotopic (exact) mass is 227 g/mol. The second-order valence-corrected chi connectivity index (χ2v) is 4.69. The van der Waals surface area contributed by atoms with E-state index in [1.54, 1.807) is 0 Å². The van der Waals surface area contributed by atoms with Crippen molar-refractivity contribution in [1.29, 1.82) is 0 Å². The average molecular weight is 228 g/mol. The summed E-state index contributed by atoms with van der Waals surface area (Å²) in [6, 6.07) is 0. The van der Waals surface area contributed by atoms with Gasteiger partial charge in [-0.05, 0) is 37.3 Å². The van der Waals surface area contributed by atoms with E-state index < -0.39 is 0 Å². The molecule has 15 heavy (non-hydrogen) atoms. The number of rotatable bonds is 3. The Labute approximate surface area is 93.6 Å². The summed E-state index contributed by atoms with van der Waals surface area (Å²) in [6.45, 7) is 1.70. The molecule has 4 nitrogen and oxygen atoms in total. The molecule has 2 heterocycles. The summed E-state index contributed by atoms with van der Waals surface area (Å²) in [6.07, 6.45) is 5.03. The van der Waals surface area contributed by atoms with Crippen LogP contribution >= 0.6 is 11.6 Å². The summed E-state index contributed by atoms with van der Waals surface area (Å²) in [5.41, 5.74) is 0. The van der Waals surface area contributed by atoms with E-state index in [0.29, 0.717) is 17.3 Å². The first kappa shape index (κ1) is 9.60. The lowest BCUT2D eigenvalue weighted by molar-refractivity contribution is 0.0963. The van der Waals surface area contributed by atoms with E-state index in [-0.39, 0.29) is 0 Å². The maximum absolute atomic E-state index is 6.03. The van der Waals surface area contributed by atoms with Gasteiger partial charge in [-0.1, -0.05) is 0 Å². The minimum atomic E-state index is 0.302. The minimum absolute atomic E-state index is 0.302. The van der Waals surface area contributed by atoms with E-state index >= 15 is 0 Å². The molecule has 0 aromatic carbocycles. The number of hydrogen-bond donors (Lipinski definition) is 0. The molecule has 2 aliphatic rings. The van der Waals surface area contributed by atoms with Gasteiger partial charge in [-0.15, -0.1) is 10.2 Å². The lowest BCUT2D eigenvalue weighted by Crippen LogP contribution is -2.16. The Bertz CT molecular complexity index is 356. The zero-order valence-corrected chi connectivity index (χ0v) is 9.28. The van der Waals surface area contributed by atoms with Crippen LogP contribution in [0.1, 0.15) is 37.4 Å². The highest BCUT2D eigenvalue weighted by atomic mass is 35.5. The molecule has 3 rings (SSSR count). The molecule has 0 bridgehead atoms. The van der Waals surface area contributed by atoms with Gasteiger partial charge < -0.3 is 4.74 Å². The van der Waals surface area contributed by atoms with E-state index in [2.05, 4.69) is 10.2 Å². The average Bonchev–Trinajstić information content (AvgIpc) is 2.82. The van der Waals surface area contributed by atoms with Crippen LogP contribution in [-0.2, 0) is 11.3 Å². The highest BCUT2D eigenvalue weighted by Crippen LogP contribution is 2.39. The summed E-state index contributed by atoms with van der Waals surface area (Å²) in [7, 11) is 0. The second kappa shape index (κ2) is 3.76. The van der Waals surface area contributed by atoms with Crippen molar-refractivity contribution in [2.45, 2.75) is 44.2 Å². The Morgan fingerprint density at radius 3 is 2.87 bits per heavy atom. The fourth-order valence-electron chi connectivity index (χ4n) is 2.10. The van der Waals surface area contributed by atoms with Gasteiger partial charge in [0.1, 0.15) is 5.82 Å². The van der Waals surface area contributed by atoms with Crippen LogP contribution < -0.4 is 0 Å². The number of nitrogens with zero attached hydrogens (tertiary/aromatic N) is 3. The smallest absolute Gasteiger partial charge is 0.225 e. The van der Waals surface area contributed by atoms with Crippen molar-refractivity contribution in [3.05, 3.63) is 11.1 Å². The molecule has 1 aliphatic heterocycles. The van der Waals surface area contributed by atoms with Gasteiger partial charge in [0.15, 0.2) is 0 Å². The SMILES string of the molecule is Clc1nnc(C2CC2)n1CC1CCCO1. The molecule has 82 valence electrons. The van der Waals surface area contributed by atoms with Gasteiger partial charge in [-0.2, -0.15) is 0 Å². The normalized spacial score (nSPS) is 26.1. The largest absolute Gasteiger partial charge is 0.376 e. The van der Waals surface area contributed by atoms with Crippen molar-refractivity contribution in [1.82, 2.24) is 14.8 Å². The fourth-order valence-corrected chi connectivity index (χ4v) is 2.29. The molecular formula is C10H14ClN3O. The van der Waals surface area contributed by atoms with Crippen LogP contribution in [0.15, 0.2) is 0 Å². The molecule has 0 N–H and O–H groups in total. The van der Waals surface area contributed by atoms with Gasteiger partial charge in [0, 0.05) is 12.5 Å². The second-order valence-electron chi connectivity index (χ2n) is 4.35. The van der Waals surface area contributed by atoms with Crippen LogP contribution in [-0.4, -0.2) is 27.5 Å². The van der Waals surface area contributed by atoms with Crippen LogP contribution in [0.25, 0.3) is 0 Å². The molecule has 0 spiro atoms. The zero-order valence-electron chi connectivity index (χ0n) is 8.53. The Kier molecular flexibility index (Phi) is 2.41. The molecule has 2 fully saturated rings. The molecule has 1 unspecified atom stereocenters. The van der Waals surface area contributed by atoms with Crippen molar-refractivity contribution < 1.29 is 4.74 Å². The maximum Gasteiger partial charge on any atom is 0.225 e. The Balaban J connectivity index is 1.79. The van der Waals surface area contributed by atoms with Crippen LogP contribution in [0.5, 0.6) is 0 Å². The fraction of sp³-hybridized carbons (Fsp3) is 0.800. The molecule has 5 heteroatoms. The zero-order chi connectivity index (χ0) is 10.3. The van der Waals surface area contributed by atoms with Crippen LogP contribution in [0.3, 0.4) is 0 Å². The summed E-state index contributed by atoms with van der Waals surface area (Å²) in [5.74, 6) is 1.64. The molecule has 0 amide bonds. The number of hydrogen-bond acceptors (Lipinski definition) is 3. The van der Waals surface area contributed by atoms with Crippen LogP contribution in [0.2, 0.25) is 5.28 Å². The van der Waals surface area contributed by atoms with Gasteiger partial charge in [0.25, 0.3) is 0 Å². The first-order valence-corrected chi connectivity index (χ1v) is 5.92. The van der Waals surface area contributed by atoms with Crippen LogP contribution in [0.4, 0.5) is 0 Å². The first-order valence-electron chi connectivity index (χ1n) is 5.55. The van der Waals surface area contributed by atoms with Gasteiger partial charge >= 0.3 is 0 Å². The lowest BCUT2D eigenvalue weighted by atomic mass is 10.2. The molecule has 1 aromatic rings. The topological polar surface area (TPSA) is 39.9 Å². The molecule has 1 aliphatic carbocycles. The van der Waals surface area contributed by atoms with Gasteiger partial charge in [0.2, 0.25) is 5.28 Å². The van der Waals surface area contributed by atoms with E-state index in [1.165, 1.54) is 12.8 Å². The predicted octanol–water partition coefficient (Wildman–Crippen LogP) is 1.99. The number of halogens is 1. The first-order chi connectivity index (χ1) is 7.34. The molecule has 1 aromatic heterocycles. The molecule has 1 saturated heterocycles. The minimum Gasteiger partial charge on any atom is -0.376 e. The summed E-state index contributed by atoms with van der Waals surface area (Å²) in [5, 5.41) is 8.59. The summed E-state index contributed by atoms with van der Waals surface area (Å²) < 4.78 is 7.62.